The van der Waals surface area contributed by atoms with Crippen molar-refractivity contribution in [1.29, 1.82) is 0 Å². The lowest BCUT2D eigenvalue weighted by atomic mass is 10.2. The number of nitrogens with one attached hydrogen (secondary N) is 2. The number of anilines is 1. The van der Waals surface area contributed by atoms with Crippen molar-refractivity contribution in [3.05, 3.63) is 51.2 Å². The third-order valence-electron chi connectivity index (χ3n) is 2.78. The van der Waals surface area contributed by atoms with Crippen LogP contribution in [-0.4, -0.2) is 17.1 Å². The highest BCUT2D eigenvalue weighted by Gasteiger charge is 2.15. The summed E-state index contributed by atoms with van der Waals surface area (Å²) in [4.78, 5) is 24.1. The highest BCUT2D eigenvalue weighted by Crippen LogP contribution is 2.22. The molecular weight excluding hydrogens is 312 g/mol. The predicted molar refractivity (Wildman–Crippen MR) is 83.3 cm³/mol. The number of hydrogen-bond acceptors (Lipinski definition) is 3. The van der Waals surface area contributed by atoms with E-state index in [0.29, 0.717) is 5.02 Å². The number of urea groups is 1. The lowest BCUT2D eigenvalue weighted by Gasteiger charge is -2.14. The second-order valence-electron chi connectivity index (χ2n) is 4.33. The van der Waals surface area contributed by atoms with Crippen LogP contribution in [-0.2, 0) is 0 Å². The molecule has 3 N–H and O–H groups in total. The van der Waals surface area contributed by atoms with Crippen LogP contribution in [0.5, 0.6) is 0 Å². The molecule has 2 aromatic rings. The molecule has 21 heavy (non-hydrogen) atoms. The van der Waals surface area contributed by atoms with E-state index in [0.717, 1.165) is 4.88 Å². The summed E-state index contributed by atoms with van der Waals surface area (Å²) in [5.41, 5.74) is 0.143. The molecule has 0 aliphatic carbocycles. The number of rotatable bonds is 4. The highest BCUT2D eigenvalue weighted by atomic mass is 35.5. The zero-order valence-corrected chi connectivity index (χ0v) is 12.7. The Labute approximate surface area is 130 Å². The van der Waals surface area contributed by atoms with Crippen LogP contribution in [0.15, 0.2) is 35.7 Å². The number of thiophene rings is 1. The normalized spacial score (nSPS) is 11.7. The van der Waals surface area contributed by atoms with Gasteiger partial charge in [-0.05, 0) is 36.6 Å². The molecule has 0 aliphatic rings. The average molecular weight is 325 g/mol. The first-order valence-corrected chi connectivity index (χ1v) is 7.37. The molecule has 0 radical (unpaired) electrons. The van der Waals surface area contributed by atoms with E-state index in [1.807, 2.05) is 24.4 Å². The van der Waals surface area contributed by atoms with Crippen LogP contribution in [0.1, 0.15) is 28.2 Å². The Morgan fingerprint density at radius 3 is 2.71 bits per heavy atom. The van der Waals surface area contributed by atoms with E-state index in [1.165, 1.54) is 29.5 Å². The molecular formula is C14H13ClN2O3S. The minimum Gasteiger partial charge on any atom is -0.478 e. The molecule has 1 atom stereocenters. The van der Waals surface area contributed by atoms with Gasteiger partial charge in [-0.25, -0.2) is 9.59 Å². The zero-order chi connectivity index (χ0) is 15.4. The van der Waals surface area contributed by atoms with Gasteiger partial charge in [0.05, 0.1) is 17.3 Å². The monoisotopic (exact) mass is 324 g/mol. The Bertz CT molecular complexity index is 658. The van der Waals surface area contributed by atoms with Crippen molar-refractivity contribution in [2.45, 2.75) is 13.0 Å². The summed E-state index contributed by atoms with van der Waals surface area (Å²) >= 11 is 7.29. The Morgan fingerprint density at radius 1 is 1.33 bits per heavy atom. The van der Waals surface area contributed by atoms with Crippen LogP contribution >= 0.6 is 22.9 Å². The minimum atomic E-state index is -1.15. The predicted octanol–water partition coefficient (Wildman–Crippen LogP) is 3.98. The second-order valence-corrected chi connectivity index (χ2v) is 5.75. The highest BCUT2D eigenvalue weighted by molar-refractivity contribution is 7.10. The smallest absolute Gasteiger partial charge is 0.337 e. The average Bonchev–Trinajstić information content (AvgIpc) is 2.94. The zero-order valence-electron chi connectivity index (χ0n) is 11.1. The molecule has 0 spiro atoms. The van der Waals surface area contributed by atoms with Gasteiger partial charge in [-0.1, -0.05) is 17.7 Å². The molecule has 0 fully saturated rings. The number of halogens is 1. The summed E-state index contributed by atoms with van der Waals surface area (Å²) in [5, 5.41) is 16.6. The SMILES string of the molecule is CC(NC(=O)Nc1ccc(Cl)cc1C(=O)O)c1cccs1. The molecule has 0 bridgehead atoms. The van der Waals surface area contributed by atoms with Crippen LogP contribution in [0, 0.1) is 0 Å². The van der Waals surface area contributed by atoms with Crippen LogP contribution in [0.2, 0.25) is 5.02 Å². The molecule has 2 amide bonds. The third-order valence-corrected chi connectivity index (χ3v) is 4.07. The van der Waals surface area contributed by atoms with Gasteiger partial charge in [0.15, 0.2) is 0 Å². The first-order valence-electron chi connectivity index (χ1n) is 6.11. The number of benzene rings is 1. The lowest BCUT2D eigenvalue weighted by Crippen LogP contribution is -2.31. The van der Waals surface area contributed by atoms with Crippen LogP contribution in [0.25, 0.3) is 0 Å². The maximum Gasteiger partial charge on any atom is 0.337 e. The summed E-state index contributed by atoms with van der Waals surface area (Å²) in [6, 6.07) is 7.46. The molecule has 0 aliphatic heterocycles. The minimum absolute atomic E-state index is 0.0542. The van der Waals surface area contributed by atoms with Crippen molar-refractivity contribution in [3.63, 3.8) is 0 Å². The van der Waals surface area contributed by atoms with Crippen LogP contribution in [0.4, 0.5) is 10.5 Å². The fourth-order valence-electron chi connectivity index (χ4n) is 1.77. The molecule has 1 heterocycles. The molecule has 1 aromatic heterocycles. The molecule has 0 saturated heterocycles. The van der Waals surface area contributed by atoms with Gasteiger partial charge in [0, 0.05) is 9.90 Å². The molecule has 5 nitrogen and oxygen atoms in total. The summed E-state index contributed by atoms with van der Waals surface area (Å²) in [6.45, 7) is 1.85. The van der Waals surface area contributed by atoms with Gasteiger partial charge in [-0.15, -0.1) is 11.3 Å². The van der Waals surface area contributed by atoms with Crippen molar-refractivity contribution >= 4 is 40.6 Å². The van der Waals surface area contributed by atoms with E-state index >= 15 is 0 Å². The van der Waals surface area contributed by atoms with Gasteiger partial charge in [0.2, 0.25) is 0 Å². The fraction of sp³-hybridized carbons (Fsp3) is 0.143. The van der Waals surface area contributed by atoms with Crippen molar-refractivity contribution in [2.24, 2.45) is 0 Å². The van der Waals surface area contributed by atoms with E-state index in [1.54, 1.807) is 0 Å². The van der Waals surface area contributed by atoms with Gasteiger partial charge in [-0.3, -0.25) is 0 Å². The first-order chi connectivity index (χ1) is 9.97. The number of carbonyl (C=O) groups excluding carboxylic acids is 1. The van der Waals surface area contributed by atoms with E-state index < -0.39 is 12.0 Å². The fourth-order valence-corrected chi connectivity index (χ4v) is 2.67. The van der Waals surface area contributed by atoms with Crippen LogP contribution in [0.3, 0.4) is 0 Å². The van der Waals surface area contributed by atoms with Crippen molar-refractivity contribution in [2.75, 3.05) is 5.32 Å². The van der Waals surface area contributed by atoms with Gasteiger partial charge < -0.3 is 15.7 Å². The van der Waals surface area contributed by atoms with E-state index in [9.17, 15) is 9.59 Å². The van der Waals surface area contributed by atoms with Crippen molar-refractivity contribution in [3.8, 4) is 0 Å². The van der Waals surface area contributed by atoms with Crippen LogP contribution < -0.4 is 10.6 Å². The quantitative estimate of drug-likeness (QED) is 0.796. The largest absolute Gasteiger partial charge is 0.478 e. The lowest BCUT2D eigenvalue weighted by molar-refractivity contribution is 0.0698. The second kappa shape index (κ2) is 6.60. The van der Waals surface area contributed by atoms with Gasteiger partial charge >= 0.3 is 12.0 Å². The van der Waals surface area contributed by atoms with Gasteiger partial charge in [-0.2, -0.15) is 0 Å². The maximum absolute atomic E-state index is 11.9. The number of carbonyl (C=O) groups is 2. The van der Waals surface area contributed by atoms with Crippen molar-refractivity contribution in [1.82, 2.24) is 5.32 Å². The summed E-state index contributed by atoms with van der Waals surface area (Å²) in [6.07, 6.45) is 0. The van der Waals surface area contributed by atoms with Gasteiger partial charge in [0.25, 0.3) is 0 Å². The number of amides is 2. The molecule has 7 heteroatoms. The molecule has 1 unspecified atom stereocenters. The Morgan fingerprint density at radius 2 is 2.10 bits per heavy atom. The van der Waals surface area contributed by atoms with Crippen molar-refractivity contribution < 1.29 is 14.7 Å². The molecule has 0 saturated carbocycles. The Kier molecular flexibility index (Phi) is 4.82. The summed E-state index contributed by atoms with van der Waals surface area (Å²) in [7, 11) is 0. The molecule has 1 aromatic carbocycles. The van der Waals surface area contributed by atoms with E-state index in [4.69, 9.17) is 16.7 Å². The number of aromatic carboxylic acids is 1. The molecule has 2 rings (SSSR count). The van der Waals surface area contributed by atoms with E-state index in [2.05, 4.69) is 10.6 Å². The third kappa shape index (κ3) is 3.96. The topological polar surface area (TPSA) is 78.4 Å². The standard InChI is InChI=1S/C14H13ClN2O3S/c1-8(12-3-2-6-21-12)16-14(20)17-11-5-4-9(15)7-10(11)13(18)19/h2-8H,1H3,(H,18,19)(H2,16,17,20). The summed E-state index contributed by atoms with van der Waals surface area (Å²) < 4.78 is 0. The summed E-state index contributed by atoms with van der Waals surface area (Å²) in [5.74, 6) is -1.15. The Hall–Kier alpha value is -2.05. The van der Waals surface area contributed by atoms with E-state index in [-0.39, 0.29) is 17.3 Å². The number of carboxylic acid groups (broad SMARTS) is 1. The maximum atomic E-state index is 11.9. The Balaban J connectivity index is 2.08. The number of carboxylic acids is 1. The first kappa shape index (κ1) is 15.3. The van der Waals surface area contributed by atoms with Gasteiger partial charge in [0.1, 0.15) is 0 Å². The molecule has 110 valence electrons. The number of hydrogen-bond donors (Lipinski definition) is 3.